The van der Waals surface area contributed by atoms with E-state index >= 15 is 0 Å². The largest absolute Gasteiger partial charge is 0.416 e. The lowest BCUT2D eigenvalue weighted by Crippen LogP contribution is -2.29. The van der Waals surface area contributed by atoms with Crippen molar-refractivity contribution < 1.29 is 9.21 Å². The second kappa shape index (κ2) is 10.1. The fourth-order valence-electron chi connectivity index (χ4n) is 3.68. The maximum Gasteiger partial charge on any atom is 0.276 e. The number of carbonyl (C=O) groups excluding carboxylic acids is 1. The Balaban J connectivity index is 1.29. The average Bonchev–Trinajstić information content (AvgIpc) is 3.46. The van der Waals surface area contributed by atoms with Gasteiger partial charge >= 0.3 is 0 Å². The lowest BCUT2D eigenvalue weighted by atomic mass is 9.89. The van der Waals surface area contributed by atoms with Crippen molar-refractivity contribution in [2.45, 2.75) is 55.7 Å². The standard InChI is InChI=1S/C22H25N3O2S2/c26-19(23-20(18-12-7-14-28-18)16-8-3-1-4-9-16)13-15-29-22-25-24-21(27-22)17-10-5-2-6-11-17/h1,3-4,7-9,12,14,17,20H,2,5-6,10-11,13,15H2,(H,23,26). The Morgan fingerprint density at radius 1 is 1.14 bits per heavy atom. The Morgan fingerprint density at radius 3 is 2.72 bits per heavy atom. The zero-order valence-corrected chi connectivity index (χ0v) is 17.9. The molecule has 3 aromatic rings. The highest BCUT2D eigenvalue weighted by Crippen LogP contribution is 2.33. The topological polar surface area (TPSA) is 68.0 Å². The number of hydrogen-bond donors (Lipinski definition) is 1. The smallest absolute Gasteiger partial charge is 0.276 e. The molecule has 1 unspecified atom stereocenters. The quantitative estimate of drug-likeness (QED) is 0.476. The number of hydrogen-bond acceptors (Lipinski definition) is 6. The number of rotatable bonds is 8. The number of carbonyl (C=O) groups is 1. The van der Waals surface area contributed by atoms with Crippen LogP contribution in [0.15, 0.2) is 57.5 Å². The first kappa shape index (κ1) is 20.2. The van der Waals surface area contributed by atoms with E-state index in [0.29, 0.717) is 23.3 Å². The third-order valence-electron chi connectivity index (χ3n) is 5.20. The monoisotopic (exact) mass is 427 g/mol. The van der Waals surface area contributed by atoms with E-state index in [1.165, 1.54) is 31.0 Å². The molecule has 1 amide bonds. The highest BCUT2D eigenvalue weighted by Gasteiger charge is 2.22. The van der Waals surface area contributed by atoms with Crippen molar-refractivity contribution >= 4 is 29.0 Å². The molecule has 2 aromatic heterocycles. The van der Waals surface area contributed by atoms with Crippen molar-refractivity contribution in [3.63, 3.8) is 0 Å². The van der Waals surface area contributed by atoms with Gasteiger partial charge in [-0.1, -0.05) is 67.4 Å². The van der Waals surface area contributed by atoms with Crippen LogP contribution in [0.4, 0.5) is 0 Å². The van der Waals surface area contributed by atoms with E-state index in [1.54, 1.807) is 11.3 Å². The van der Waals surface area contributed by atoms with E-state index in [4.69, 9.17) is 4.42 Å². The summed E-state index contributed by atoms with van der Waals surface area (Å²) in [7, 11) is 0. The van der Waals surface area contributed by atoms with Crippen molar-refractivity contribution in [1.29, 1.82) is 0 Å². The van der Waals surface area contributed by atoms with Crippen LogP contribution in [0.3, 0.4) is 0 Å². The minimum absolute atomic E-state index is 0.0202. The highest BCUT2D eigenvalue weighted by molar-refractivity contribution is 7.99. The Morgan fingerprint density at radius 2 is 1.97 bits per heavy atom. The third-order valence-corrected chi connectivity index (χ3v) is 6.95. The van der Waals surface area contributed by atoms with Crippen LogP contribution >= 0.6 is 23.1 Å². The number of benzene rings is 1. The second-order valence-electron chi connectivity index (χ2n) is 7.27. The highest BCUT2D eigenvalue weighted by atomic mass is 32.2. The van der Waals surface area contributed by atoms with E-state index in [2.05, 4.69) is 21.6 Å². The van der Waals surface area contributed by atoms with E-state index in [9.17, 15) is 4.79 Å². The van der Waals surface area contributed by atoms with Crippen LogP contribution in [0.25, 0.3) is 0 Å². The summed E-state index contributed by atoms with van der Waals surface area (Å²) < 4.78 is 5.82. The second-order valence-corrected chi connectivity index (χ2v) is 9.29. The predicted octanol–water partition coefficient (Wildman–Crippen LogP) is 5.57. The van der Waals surface area contributed by atoms with Crippen molar-refractivity contribution in [2.24, 2.45) is 0 Å². The molecule has 152 valence electrons. The van der Waals surface area contributed by atoms with Crippen LogP contribution in [-0.2, 0) is 4.79 Å². The number of amides is 1. The molecule has 1 N–H and O–H groups in total. The molecular weight excluding hydrogens is 402 g/mol. The first-order valence-electron chi connectivity index (χ1n) is 10.1. The average molecular weight is 428 g/mol. The summed E-state index contributed by atoms with van der Waals surface area (Å²) in [5.41, 5.74) is 1.09. The minimum atomic E-state index is -0.116. The molecule has 1 aromatic carbocycles. The Kier molecular flexibility index (Phi) is 7.00. The molecule has 29 heavy (non-hydrogen) atoms. The van der Waals surface area contributed by atoms with Gasteiger partial charge in [0.25, 0.3) is 5.22 Å². The van der Waals surface area contributed by atoms with E-state index in [0.717, 1.165) is 29.2 Å². The molecule has 0 bridgehead atoms. The normalized spacial score (nSPS) is 15.9. The molecule has 0 spiro atoms. The molecule has 0 saturated heterocycles. The molecular formula is C22H25N3O2S2. The molecule has 7 heteroatoms. The summed E-state index contributed by atoms with van der Waals surface area (Å²) in [6, 6.07) is 14.0. The lowest BCUT2D eigenvalue weighted by Gasteiger charge is -2.18. The molecule has 1 aliphatic carbocycles. The number of nitrogens with zero attached hydrogens (tertiary/aromatic N) is 2. The number of thioether (sulfide) groups is 1. The molecule has 1 atom stereocenters. The van der Waals surface area contributed by atoms with Crippen molar-refractivity contribution in [1.82, 2.24) is 15.5 Å². The van der Waals surface area contributed by atoms with Gasteiger partial charge in [-0.25, -0.2) is 0 Å². The summed E-state index contributed by atoms with van der Waals surface area (Å²) in [6.45, 7) is 0. The fourth-order valence-corrected chi connectivity index (χ4v) is 5.18. The van der Waals surface area contributed by atoms with Gasteiger partial charge in [-0.05, 0) is 29.9 Å². The number of nitrogens with one attached hydrogen (secondary N) is 1. The Bertz CT molecular complexity index is 890. The fraction of sp³-hybridized carbons (Fsp3) is 0.409. The van der Waals surface area contributed by atoms with Gasteiger partial charge in [0, 0.05) is 23.0 Å². The minimum Gasteiger partial charge on any atom is -0.416 e. The molecule has 1 aliphatic rings. The van der Waals surface area contributed by atoms with Gasteiger partial charge in [0.2, 0.25) is 11.8 Å². The van der Waals surface area contributed by atoms with Crippen LogP contribution in [0.1, 0.15) is 66.8 Å². The summed E-state index contributed by atoms with van der Waals surface area (Å²) in [4.78, 5) is 13.7. The van der Waals surface area contributed by atoms with Crippen molar-refractivity contribution in [3.05, 3.63) is 64.2 Å². The van der Waals surface area contributed by atoms with Crippen molar-refractivity contribution in [3.8, 4) is 0 Å². The zero-order chi connectivity index (χ0) is 19.9. The summed E-state index contributed by atoms with van der Waals surface area (Å²) in [5.74, 6) is 1.81. The molecule has 0 radical (unpaired) electrons. The predicted molar refractivity (Wildman–Crippen MR) is 116 cm³/mol. The maximum absolute atomic E-state index is 12.6. The van der Waals surface area contributed by atoms with Gasteiger partial charge in [-0.15, -0.1) is 21.5 Å². The molecule has 1 saturated carbocycles. The van der Waals surface area contributed by atoms with Gasteiger partial charge in [0.15, 0.2) is 0 Å². The number of thiophene rings is 1. The van der Waals surface area contributed by atoms with Crippen LogP contribution < -0.4 is 5.32 Å². The van der Waals surface area contributed by atoms with Crippen LogP contribution in [0.2, 0.25) is 0 Å². The van der Waals surface area contributed by atoms with Crippen LogP contribution in [0.5, 0.6) is 0 Å². The molecule has 4 rings (SSSR count). The summed E-state index contributed by atoms with van der Waals surface area (Å²) in [6.07, 6.45) is 6.46. The Hall–Kier alpha value is -2.12. The Labute approximate surface area is 179 Å². The lowest BCUT2D eigenvalue weighted by molar-refractivity contribution is -0.121. The zero-order valence-electron chi connectivity index (χ0n) is 16.3. The third kappa shape index (κ3) is 5.48. The SMILES string of the molecule is O=C(CCSc1nnc(C2CCCCC2)o1)NC(c1ccccc1)c1cccs1. The first-order chi connectivity index (χ1) is 14.3. The van der Waals surface area contributed by atoms with Crippen molar-refractivity contribution in [2.75, 3.05) is 5.75 Å². The van der Waals surface area contributed by atoms with Gasteiger partial charge in [-0.3, -0.25) is 4.79 Å². The molecule has 2 heterocycles. The van der Waals surface area contributed by atoms with Crippen LogP contribution in [0, 0.1) is 0 Å². The molecule has 0 aliphatic heterocycles. The van der Waals surface area contributed by atoms with Gasteiger partial charge < -0.3 is 9.73 Å². The summed E-state index contributed by atoms with van der Waals surface area (Å²) in [5, 5.41) is 14.1. The first-order valence-corrected chi connectivity index (χ1v) is 12.0. The van der Waals surface area contributed by atoms with Crippen LogP contribution in [-0.4, -0.2) is 21.9 Å². The van der Waals surface area contributed by atoms with Gasteiger partial charge in [0.05, 0.1) is 6.04 Å². The number of aromatic nitrogens is 2. The summed E-state index contributed by atoms with van der Waals surface area (Å²) >= 11 is 3.11. The van der Waals surface area contributed by atoms with E-state index in [1.807, 2.05) is 41.8 Å². The van der Waals surface area contributed by atoms with Gasteiger partial charge in [-0.2, -0.15) is 0 Å². The molecule has 5 nitrogen and oxygen atoms in total. The van der Waals surface area contributed by atoms with E-state index < -0.39 is 0 Å². The van der Waals surface area contributed by atoms with E-state index in [-0.39, 0.29) is 11.9 Å². The molecule has 1 fully saturated rings. The maximum atomic E-state index is 12.6. The van der Waals surface area contributed by atoms with Gasteiger partial charge in [0.1, 0.15) is 0 Å².